The van der Waals surface area contributed by atoms with Gasteiger partial charge in [0, 0.05) is 0 Å². The second-order valence-electron chi connectivity index (χ2n) is 8.54. The van der Waals surface area contributed by atoms with E-state index in [0.29, 0.717) is 12.8 Å². The molecule has 30 heavy (non-hydrogen) atoms. The fourth-order valence-electron chi connectivity index (χ4n) is 2.80. The van der Waals surface area contributed by atoms with Crippen molar-refractivity contribution >= 4 is 23.7 Å². The summed E-state index contributed by atoms with van der Waals surface area (Å²) in [5, 5.41) is 16.9. The summed E-state index contributed by atoms with van der Waals surface area (Å²) in [7, 11) is 0. The van der Waals surface area contributed by atoms with Gasteiger partial charge >= 0.3 is 5.97 Å². The quantitative estimate of drug-likeness (QED) is 0.295. The highest BCUT2D eigenvalue weighted by Crippen LogP contribution is 2.12. The highest BCUT2D eigenvalue weighted by molar-refractivity contribution is 5.94. The zero-order chi connectivity index (χ0) is 23.6. The van der Waals surface area contributed by atoms with Crippen molar-refractivity contribution in [2.24, 2.45) is 23.5 Å². The van der Waals surface area contributed by atoms with Crippen LogP contribution in [0.25, 0.3) is 0 Å². The van der Waals surface area contributed by atoms with Gasteiger partial charge in [-0.05, 0) is 31.1 Å². The van der Waals surface area contributed by atoms with Gasteiger partial charge in [0.05, 0.1) is 6.04 Å². The van der Waals surface area contributed by atoms with Crippen LogP contribution in [0.1, 0.15) is 67.7 Å². The molecular weight excluding hydrogens is 388 g/mol. The Hall–Kier alpha value is -2.16. The van der Waals surface area contributed by atoms with E-state index in [1.165, 1.54) is 6.92 Å². The first-order chi connectivity index (χ1) is 13.8. The number of carbonyl (C=O) groups excluding carboxylic acids is 3. The summed E-state index contributed by atoms with van der Waals surface area (Å²) < 4.78 is 0. The van der Waals surface area contributed by atoms with E-state index in [0.717, 1.165) is 6.42 Å². The van der Waals surface area contributed by atoms with Crippen molar-refractivity contribution in [2.75, 3.05) is 0 Å². The van der Waals surface area contributed by atoms with Crippen LogP contribution in [0.3, 0.4) is 0 Å². The van der Waals surface area contributed by atoms with E-state index in [2.05, 4.69) is 16.0 Å². The van der Waals surface area contributed by atoms with E-state index in [1.54, 1.807) is 0 Å². The van der Waals surface area contributed by atoms with Crippen LogP contribution in [-0.2, 0) is 19.2 Å². The average molecular weight is 429 g/mol. The maximum absolute atomic E-state index is 13.0. The monoisotopic (exact) mass is 428 g/mol. The molecule has 0 aliphatic rings. The van der Waals surface area contributed by atoms with Crippen LogP contribution in [-0.4, -0.2) is 53.0 Å². The van der Waals surface area contributed by atoms with Gasteiger partial charge in [-0.3, -0.25) is 19.2 Å². The number of carboxylic acid groups (broad SMARTS) is 1. The molecule has 9 heteroatoms. The van der Waals surface area contributed by atoms with E-state index in [-0.39, 0.29) is 17.8 Å². The van der Waals surface area contributed by atoms with Crippen molar-refractivity contribution in [3.05, 3.63) is 0 Å². The summed E-state index contributed by atoms with van der Waals surface area (Å²) in [5.74, 6) is -2.77. The van der Waals surface area contributed by atoms with Gasteiger partial charge in [0.1, 0.15) is 18.1 Å². The minimum atomic E-state index is -1.17. The van der Waals surface area contributed by atoms with Gasteiger partial charge in [-0.2, -0.15) is 0 Å². The number of carbonyl (C=O) groups is 4. The number of hydrogen-bond acceptors (Lipinski definition) is 5. The molecule has 6 atom stereocenters. The molecular formula is C21H40N4O5. The molecule has 0 aromatic carbocycles. The topological polar surface area (TPSA) is 151 Å². The number of carboxylic acids is 1. The zero-order valence-electron chi connectivity index (χ0n) is 19.3. The molecule has 0 fully saturated rings. The summed E-state index contributed by atoms with van der Waals surface area (Å²) in [6, 6.07) is -3.58. The molecule has 174 valence electrons. The van der Waals surface area contributed by atoms with Crippen LogP contribution < -0.4 is 21.7 Å². The Morgan fingerprint density at radius 3 is 1.77 bits per heavy atom. The number of rotatable bonds is 13. The van der Waals surface area contributed by atoms with Gasteiger partial charge in [-0.1, -0.05) is 54.4 Å². The highest BCUT2D eigenvalue weighted by atomic mass is 16.4. The van der Waals surface area contributed by atoms with Crippen molar-refractivity contribution in [1.82, 2.24) is 16.0 Å². The van der Waals surface area contributed by atoms with Gasteiger partial charge in [0.2, 0.25) is 17.7 Å². The van der Waals surface area contributed by atoms with Crippen LogP contribution in [0.5, 0.6) is 0 Å². The lowest BCUT2D eigenvalue weighted by molar-refractivity contribution is -0.142. The summed E-state index contributed by atoms with van der Waals surface area (Å²) in [4.78, 5) is 49.1. The number of amides is 3. The smallest absolute Gasteiger partial charge is 0.325 e. The molecule has 0 rings (SSSR count). The van der Waals surface area contributed by atoms with E-state index in [9.17, 15) is 19.2 Å². The second kappa shape index (κ2) is 13.2. The zero-order valence-corrected chi connectivity index (χ0v) is 19.3. The maximum Gasteiger partial charge on any atom is 0.325 e. The first kappa shape index (κ1) is 27.8. The Balaban J connectivity index is 5.45. The number of hydrogen-bond donors (Lipinski definition) is 5. The minimum Gasteiger partial charge on any atom is -0.480 e. The first-order valence-corrected chi connectivity index (χ1v) is 10.7. The maximum atomic E-state index is 13.0. The third kappa shape index (κ3) is 9.11. The van der Waals surface area contributed by atoms with Gasteiger partial charge in [0.15, 0.2) is 0 Å². The SMILES string of the molecule is CCC(C)C(N)C(=O)NC(C(=O)NC(CC(C)C)C(=O)NC(C)C(=O)O)C(C)CC. The molecule has 6 unspecified atom stereocenters. The van der Waals surface area contributed by atoms with Crippen LogP contribution in [0.4, 0.5) is 0 Å². The Labute approximate surface area is 179 Å². The predicted octanol–water partition coefficient (Wildman–Crippen LogP) is 1.01. The molecule has 0 aromatic heterocycles. The van der Waals surface area contributed by atoms with Gasteiger partial charge in [0.25, 0.3) is 0 Å². The minimum absolute atomic E-state index is 0.0392. The van der Waals surface area contributed by atoms with Crippen LogP contribution in [0, 0.1) is 17.8 Å². The standard InChI is InChI=1S/C21H40N4O5/c1-8-12(5)16(22)19(27)25-17(13(6)9-2)20(28)24-15(10-11(3)4)18(26)23-14(7)21(29)30/h11-17H,8-10,22H2,1-7H3,(H,23,26)(H,24,28)(H,25,27)(H,29,30). The van der Waals surface area contributed by atoms with Crippen molar-refractivity contribution in [3.63, 3.8) is 0 Å². The summed E-state index contributed by atoms with van der Waals surface area (Å²) in [5.41, 5.74) is 6.00. The fraction of sp³-hybridized carbons (Fsp3) is 0.810. The molecule has 3 amide bonds. The lowest BCUT2D eigenvalue weighted by Gasteiger charge is -2.29. The van der Waals surface area contributed by atoms with E-state index in [1.807, 2.05) is 41.5 Å². The Bertz CT molecular complexity index is 596. The molecule has 0 aliphatic carbocycles. The Morgan fingerprint density at radius 2 is 1.33 bits per heavy atom. The molecule has 9 nitrogen and oxygen atoms in total. The van der Waals surface area contributed by atoms with Crippen molar-refractivity contribution in [1.29, 1.82) is 0 Å². The number of nitrogens with one attached hydrogen (secondary N) is 3. The summed E-state index contributed by atoms with van der Waals surface area (Å²) in [6.45, 7) is 12.7. The predicted molar refractivity (Wildman–Crippen MR) is 115 cm³/mol. The molecule has 0 aromatic rings. The third-order valence-electron chi connectivity index (χ3n) is 5.42. The van der Waals surface area contributed by atoms with Gasteiger partial charge in [-0.15, -0.1) is 0 Å². The van der Waals surface area contributed by atoms with Crippen molar-refractivity contribution in [3.8, 4) is 0 Å². The van der Waals surface area contributed by atoms with E-state index < -0.39 is 47.9 Å². The lowest BCUT2D eigenvalue weighted by atomic mass is 9.94. The average Bonchev–Trinajstić information content (AvgIpc) is 2.68. The molecule has 0 aliphatic heterocycles. The lowest BCUT2D eigenvalue weighted by Crippen LogP contribution is -2.59. The Kier molecular flexibility index (Phi) is 12.3. The normalized spacial score (nSPS) is 17.2. The van der Waals surface area contributed by atoms with Gasteiger partial charge < -0.3 is 26.8 Å². The van der Waals surface area contributed by atoms with Crippen LogP contribution >= 0.6 is 0 Å². The van der Waals surface area contributed by atoms with E-state index >= 15 is 0 Å². The Morgan fingerprint density at radius 1 is 0.800 bits per heavy atom. The number of nitrogens with two attached hydrogens (primary N) is 1. The fourth-order valence-corrected chi connectivity index (χ4v) is 2.80. The molecule has 6 N–H and O–H groups in total. The largest absolute Gasteiger partial charge is 0.480 e. The first-order valence-electron chi connectivity index (χ1n) is 10.7. The van der Waals surface area contributed by atoms with Crippen molar-refractivity contribution in [2.45, 2.75) is 91.9 Å². The van der Waals surface area contributed by atoms with Crippen molar-refractivity contribution < 1.29 is 24.3 Å². The van der Waals surface area contributed by atoms with E-state index in [4.69, 9.17) is 10.8 Å². The van der Waals surface area contributed by atoms with Gasteiger partial charge in [-0.25, -0.2) is 0 Å². The molecule has 0 saturated carbocycles. The molecule has 0 saturated heterocycles. The number of aliphatic carboxylic acids is 1. The molecule has 0 bridgehead atoms. The molecule has 0 radical (unpaired) electrons. The second-order valence-corrected chi connectivity index (χ2v) is 8.54. The summed E-state index contributed by atoms with van der Waals surface area (Å²) >= 11 is 0. The van der Waals surface area contributed by atoms with Crippen LogP contribution in [0.15, 0.2) is 0 Å². The third-order valence-corrected chi connectivity index (χ3v) is 5.42. The highest BCUT2D eigenvalue weighted by Gasteiger charge is 2.32. The molecule has 0 heterocycles. The molecule has 0 spiro atoms. The van der Waals surface area contributed by atoms with Crippen LogP contribution in [0.2, 0.25) is 0 Å². The summed E-state index contributed by atoms with van der Waals surface area (Å²) in [6.07, 6.45) is 1.69.